The van der Waals surface area contributed by atoms with Gasteiger partial charge in [0.2, 0.25) is 0 Å². The van der Waals surface area contributed by atoms with Crippen LogP contribution in [0.2, 0.25) is 0 Å². The van der Waals surface area contributed by atoms with Crippen LogP contribution in [0.15, 0.2) is 75.5 Å². The molecule has 0 aliphatic carbocycles. The molecule has 1 aliphatic rings. The number of benzene rings is 2. The van der Waals surface area contributed by atoms with Crippen molar-refractivity contribution in [3.05, 3.63) is 66.7 Å². The zero-order valence-electron chi connectivity index (χ0n) is 17.8. The lowest BCUT2D eigenvalue weighted by Gasteiger charge is -2.36. The van der Waals surface area contributed by atoms with E-state index in [-0.39, 0.29) is 0 Å². The van der Waals surface area contributed by atoms with E-state index in [0.29, 0.717) is 36.7 Å². The van der Waals surface area contributed by atoms with Crippen molar-refractivity contribution >= 4 is 17.9 Å². The van der Waals surface area contributed by atoms with Crippen LogP contribution < -0.4 is 15.9 Å². The number of nitrogens with one attached hydrogen (secondary N) is 1. The van der Waals surface area contributed by atoms with Crippen LogP contribution in [0, 0.1) is 0 Å². The van der Waals surface area contributed by atoms with Crippen molar-refractivity contribution in [2.75, 3.05) is 19.1 Å². The van der Waals surface area contributed by atoms with E-state index in [1.807, 2.05) is 48.5 Å². The van der Waals surface area contributed by atoms with Gasteiger partial charge in [-0.05, 0) is 37.1 Å². The van der Waals surface area contributed by atoms with E-state index in [2.05, 4.69) is 20.4 Å². The number of ether oxygens (including phenoxy) is 1. The number of aliphatic hydroxyl groups is 1. The van der Waals surface area contributed by atoms with Crippen LogP contribution in [-0.4, -0.2) is 47.0 Å². The molecule has 0 saturated heterocycles. The average Bonchev–Trinajstić information content (AvgIpc) is 3.38. The summed E-state index contributed by atoms with van der Waals surface area (Å²) in [7, 11) is 1.60. The highest BCUT2D eigenvalue weighted by molar-refractivity contribution is 5.94. The first-order valence-electron chi connectivity index (χ1n) is 10.4. The Labute approximate surface area is 186 Å². The molecule has 4 rings (SSSR count). The first kappa shape index (κ1) is 21.5. The largest absolute Gasteiger partial charge is 0.496 e. The van der Waals surface area contributed by atoms with E-state index in [0.717, 1.165) is 16.8 Å². The number of hydrazine groups is 1. The van der Waals surface area contributed by atoms with E-state index in [9.17, 15) is 5.11 Å². The van der Waals surface area contributed by atoms with Crippen LogP contribution in [0.1, 0.15) is 24.6 Å². The number of anilines is 1. The van der Waals surface area contributed by atoms with Crippen LogP contribution in [0.5, 0.6) is 5.75 Å². The Morgan fingerprint density at radius 1 is 1.25 bits per heavy atom. The molecular weight excluding hydrogens is 408 g/mol. The molecule has 2 aromatic carbocycles. The predicted molar refractivity (Wildman–Crippen MR) is 123 cm³/mol. The van der Waals surface area contributed by atoms with E-state index in [1.54, 1.807) is 18.3 Å². The van der Waals surface area contributed by atoms with Gasteiger partial charge in [0.25, 0.3) is 0 Å². The number of aliphatic hydroxyl groups excluding tert-OH is 1. The standard InChI is InChI=1S/C23H26N6O3/c1-31-20-12-17(9-10-18(20)21-13-25-15-32-21)28-29-22(16-6-3-2-4-7-16)26-14-27-23(29)19(30)8-5-11-24/h2-4,6-7,9-10,12-15,19,22,28,30H,5,8,11,24H2,1H3. The number of rotatable bonds is 9. The SMILES string of the molecule is COc1cc(NN2C(C(O)CCCN)=NC=NC2c2ccccc2)ccc1-c1cnco1. The van der Waals surface area contributed by atoms with Crippen LogP contribution in [0.25, 0.3) is 11.3 Å². The third-order valence-electron chi connectivity index (χ3n) is 5.12. The highest BCUT2D eigenvalue weighted by atomic mass is 16.5. The van der Waals surface area contributed by atoms with Crippen molar-refractivity contribution in [3.8, 4) is 17.1 Å². The quantitative estimate of drug-likeness (QED) is 0.473. The molecule has 0 spiro atoms. The highest BCUT2D eigenvalue weighted by Gasteiger charge is 2.30. The van der Waals surface area contributed by atoms with E-state index in [1.165, 1.54) is 12.7 Å². The highest BCUT2D eigenvalue weighted by Crippen LogP contribution is 2.34. The fourth-order valence-corrected chi connectivity index (χ4v) is 3.53. The maximum absolute atomic E-state index is 10.8. The fraction of sp³-hybridized carbons (Fsp3) is 0.261. The molecule has 0 radical (unpaired) electrons. The van der Waals surface area contributed by atoms with Crippen molar-refractivity contribution in [2.45, 2.75) is 25.1 Å². The summed E-state index contributed by atoms with van der Waals surface area (Å²) in [5.74, 6) is 1.70. The van der Waals surface area contributed by atoms with Gasteiger partial charge >= 0.3 is 0 Å². The first-order valence-corrected chi connectivity index (χ1v) is 10.4. The van der Waals surface area contributed by atoms with Gasteiger partial charge in [-0.1, -0.05) is 30.3 Å². The summed E-state index contributed by atoms with van der Waals surface area (Å²) in [6.45, 7) is 0.494. The number of methoxy groups -OCH3 is 1. The summed E-state index contributed by atoms with van der Waals surface area (Å²) < 4.78 is 11.0. The summed E-state index contributed by atoms with van der Waals surface area (Å²) in [5, 5.41) is 12.6. The number of aliphatic imine (C=N–C) groups is 2. The van der Waals surface area contributed by atoms with Gasteiger partial charge in [-0.2, -0.15) is 0 Å². The zero-order chi connectivity index (χ0) is 22.3. The minimum absolute atomic E-state index is 0.406. The monoisotopic (exact) mass is 434 g/mol. The third kappa shape index (κ3) is 4.63. The zero-order valence-corrected chi connectivity index (χ0v) is 17.8. The molecule has 9 heteroatoms. The molecule has 0 fully saturated rings. The Morgan fingerprint density at radius 3 is 2.81 bits per heavy atom. The maximum Gasteiger partial charge on any atom is 0.181 e. The van der Waals surface area contributed by atoms with Gasteiger partial charge < -0.3 is 20.0 Å². The lowest BCUT2D eigenvalue weighted by molar-refractivity contribution is 0.202. The van der Waals surface area contributed by atoms with Crippen molar-refractivity contribution < 1.29 is 14.3 Å². The van der Waals surface area contributed by atoms with Crippen molar-refractivity contribution in [1.29, 1.82) is 0 Å². The molecule has 166 valence electrons. The third-order valence-corrected chi connectivity index (χ3v) is 5.12. The summed E-state index contributed by atoms with van der Waals surface area (Å²) in [6.07, 6.45) is 4.48. The number of nitrogens with zero attached hydrogens (tertiary/aromatic N) is 4. The molecule has 1 aromatic heterocycles. The molecule has 32 heavy (non-hydrogen) atoms. The maximum atomic E-state index is 10.8. The van der Waals surface area contributed by atoms with E-state index >= 15 is 0 Å². The minimum Gasteiger partial charge on any atom is -0.496 e. The fourth-order valence-electron chi connectivity index (χ4n) is 3.53. The van der Waals surface area contributed by atoms with Crippen molar-refractivity contribution in [1.82, 2.24) is 9.99 Å². The van der Waals surface area contributed by atoms with Gasteiger partial charge in [0.05, 0.1) is 24.6 Å². The van der Waals surface area contributed by atoms with Crippen LogP contribution >= 0.6 is 0 Å². The van der Waals surface area contributed by atoms with Gasteiger partial charge in [-0.15, -0.1) is 0 Å². The Bertz CT molecular complexity index is 1070. The molecule has 2 heterocycles. The average molecular weight is 435 g/mol. The second-order valence-electron chi connectivity index (χ2n) is 7.25. The molecule has 4 N–H and O–H groups in total. The normalized spacial score (nSPS) is 16.5. The molecule has 0 amide bonds. The summed E-state index contributed by atoms with van der Waals surface area (Å²) >= 11 is 0. The molecular formula is C23H26N6O3. The Hall–Kier alpha value is -3.69. The number of nitrogens with two attached hydrogens (primary N) is 1. The van der Waals surface area contributed by atoms with E-state index < -0.39 is 12.3 Å². The van der Waals surface area contributed by atoms with Crippen molar-refractivity contribution in [2.24, 2.45) is 15.7 Å². The molecule has 0 saturated carbocycles. The number of oxazole rings is 1. The molecule has 1 aliphatic heterocycles. The topological polar surface area (TPSA) is 122 Å². The van der Waals surface area contributed by atoms with Crippen LogP contribution in [-0.2, 0) is 0 Å². The molecule has 2 unspecified atom stereocenters. The van der Waals surface area contributed by atoms with Gasteiger partial charge in [0.1, 0.15) is 18.2 Å². The number of aromatic nitrogens is 1. The predicted octanol–water partition coefficient (Wildman–Crippen LogP) is 3.22. The Morgan fingerprint density at radius 2 is 2.09 bits per heavy atom. The minimum atomic E-state index is -0.792. The van der Waals surface area contributed by atoms with Crippen LogP contribution in [0.4, 0.5) is 5.69 Å². The van der Waals surface area contributed by atoms with Gasteiger partial charge in [-0.3, -0.25) is 5.43 Å². The Kier molecular flexibility index (Phi) is 6.78. The Balaban J connectivity index is 1.66. The van der Waals surface area contributed by atoms with Gasteiger partial charge in [-0.25, -0.2) is 20.0 Å². The number of hydrogen-bond donors (Lipinski definition) is 3. The van der Waals surface area contributed by atoms with Gasteiger partial charge in [0.15, 0.2) is 24.2 Å². The molecule has 3 aromatic rings. The second-order valence-corrected chi connectivity index (χ2v) is 7.25. The van der Waals surface area contributed by atoms with Crippen LogP contribution in [0.3, 0.4) is 0 Å². The lowest BCUT2D eigenvalue weighted by Crippen LogP contribution is -2.46. The summed E-state index contributed by atoms with van der Waals surface area (Å²) in [4.78, 5) is 12.9. The molecule has 2 atom stereocenters. The lowest BCUT2D eigenvalue weighted by atomic mass is 10.1. The molecule has 0 bridgehead atoms. The molecule has 9 nitrogen and oxygen atoms in total. The van der Waals surface area contributed by atoms with Crippen molar-refractivity contribution in [3.63, 3.8) is 0 Å². The summed E-state index contributed by atoms with van der Waals surface area (Å²) in [6, 6.07) is 15.5. The van der Waals surface area contributed by atoms with Gasteiger partial charge in [0, 0.05) is 6.07 Å². The smallest absolute Gasteiger partial charge is 0.181 e. The first-order chi connectivity index (χ1) is 15.7. The second kappa shape index (κ2) is 10.1. The number of hydrogen-bond acceptors (Lipinski definition) is 9. The number of amidine groups is 1. The summed E-state index contributed by atoms with van der Waals surface area (Å²) in [5.41, 5.74) is 11.5. The van der Waals surface area contributed by atoms with E-state index in [4.69, 9.17) is 14.9 Å².